The fourth-order valence-corrected chi connectivity index (χ4v) is 5.58. The molecule has 1 atom stereocenters. The summed E-state index contributed by atoms with van der Waals surface area (Å²) < 4.78 is 35.3. The Morgan fingerprint density at radius 1 is 1.13 bits per heavy atom. The number of H-pyrrole nitrogens is 1. The van der Waals surface area contributed by atoms with Crippen molar-refractivity contribution < 1.29 is 17.9 Å². The van der Waals surface area contributed by atoms with Crippen LogP contribution in [0.2, 0.25) is 0 Å². The number of imidazole rings is 1. The van der Waals surface area contributed by atoms with Gasteiger partial charge in [-0.25, -0.2) is 17.9 Å². The van der Waals surface area contributed by atoms with Gasteiger partial charge in [0.2, 0.25) is 5.88 Å². The first-order chi connectivity index (χ1) is 14.9. The number of carbonyl (C=O) groups excluding carboxylic acids is 1. The number of hydrogen-bond donors (Lipinski definition) is 1. The number of anilines is 1. The molecule has 1 aliphatic heterocycles. The highest BCUT2D eigenvalue weighted by Crippen LogP contribution is 2.42. The molecule has 9 heteroatoms. The third-order valence-electron chi connectivity index (χ3n) is 5.51. The number of para-hydroxylation sites is 2. The average molecular weight is 439 g/mol. The maximum atomic E-state index is 13.4. The van der Waals surface area contributed by atoms with E-state index in [9.17, 15) is 13.2 Å². The molecule has 3 heterocycles. The number of carbonyl (C=O) groups is 1. The highest BCUT2D eigenvalue weighted by molar-refractivity contribution is 7.94. The molecule has 31 heavy (non-hydrogen) atoms. The van der Waals surface area contributed by atoms with E-state index < -0.39 is 15.9 Å². The van der Waals surface area contributed by atoms with Gasteiger partial charge in [-0.1, -0.05) is 44.0 Å². The number of rotatable bonds is 6. The Hall–Kier alpha value is -3.33. The molecular formula is C22H22N4O4S. The van der Waals surface area contributed by atoms with Crippen molar-refractivity contribution in [3.05, 3.63) is 54.1 Å². The highest BCUT2D eigenvalue weighted by Gasteiger charge is 2.45. The van der Waals surface area contributed by atoms with Gasteiger partial charge in [-0.3, -0.25) is 9.89 Å². The summed E-state index contributed by atoms with van der Waals surface area (Å²) in [7, 11) is -4.09. The van der Waals surface area contributed by atoms with Gasteiger partial charge in [-0.2, -0.15) is 4.31 Å². The van der Waals surface area contributed by atoms with Gasteiger partial charge < -0.3 is 4.74 Å². The Kier molecular flexibility index (Phi) is 4.51. The summed E-state index contributed by atoms with van der Waals surface area (Å²) in [5, 5.41) is 3.13. The van der Waals surface area contributed by atoms with Gasteiger partial charge in [0.25, 0.3) is 15.9 Å². The fraction of sp³-hybridized carbons (Fsp3) is 0.273. The summed E-state index contributed by atoms with van der Waals surface area (Å²) in [6.45, 7) is 4.02. The van der Waals surface area contributed by atoms with Gasteiger partial charge in [0.05, 0.1) is 22.7 Å². The molecule has 2 aromatic carbocycles. The Labute approximate surface area is 179 Å². The van der Waals surface area contributed by atoms with Gasteiger partial charge in [-0.05, 0) is 37.6 Å². The minimum absolute atomic E-state index is 0.0135. The minimum atomic E-state index is -4.09. The SMILES string of the molecule is CCCCC(C)Oc1[nH]n2c(nc3ccccc32)c1N1C(=O)c2ccccc2S1(=O)=O. The van der Waals surface area contributed by atoms with E-state index in [0.29, 0.717) is 11.2 Å². The van der Waals surface area contributed by atoms with Crippen LogP contribution in [-0.2, 0) is 10.0 Å². The van der Waals surface area contributed by atoms with Crippen LogP contribution in [0.3, 0.4) is 0 Å². The lowest BCUT2D eigenvalue weighted by Crippen LogP contribution is -2.30. The standard InChI is InChI=1S/C22H22N4O4S/c1-3-4-9-14(2)30-21-19(20-23-16-11-6-7-12-17(16)25(20)24-21)26-22(27)15-10-5-8-13-18(15)31(26,28)29/h5-8,10-14,24H,3-4,9H2,1-2H3. The normalized spacial score (nSPS) is 16.2. The molecule has 0 bridgehead atoms. The zero-order valence-electron chi connectivity index (χ0n) is 17.2. The molecule has 1 aliphatic rings. The van der Waals surface area contributed by atoms with Crippen molar-refractivity contribution in [1.82, 2.24) is 14.6 Å². The average Bonchev–Trinajstić information content (AvgIpc) is 3.34. The number of fused-ring (bicyclic) bond motifs is 4. The molecule has 0 saturated carbocycles. The van der Waals surface area contributed by atoms with E-state index in [4.69, 9.17) is 4.74 Å². The Balaban J connectivity index is 1.73. The number of sulfonamides is 1. The van der Waals surface area contributed by atoms with E-state index in [2.05, 4.69) is 17.0 Å². The van der Waals surface area contributed by atoms with Crippen LogP contribution in [0.15, 0.2) is 53.4 Å². The van der Waals surface area contributed by atoms with Crippen molar-refractivity contribution in [2.45, 2.75) is 44.1 Å². The van der Waals surface area contributed by atoms with Crippen molar-refractivity contribution in [2.75, 3.05) is 4.31 Å². The first-order valence-corrected chi connectivity index (χ1v) is 11.7. The maximum Gasteiger partial charge on any atom is 0.274 e. The molecule has 1 amide bonds. The van der Waals surface area contributed by atoms with Gasteiger partial charge >= 0.3 is 0 Å². The van der Waals surface area contributed by atoms with Crippen molar-refractivity contribution >= 4 is 38.3 Å². The predicted molar refractivity (Wildman–Crippen MR) is 117 cm³/mol. The van der Waals surface area contributed by atoms with Crippen LogP contribution in [0.5, 0.6) is 5.88 Å². The second-order valence-electron chi connectivity index (χ2n) is 7.69. The molecule has 0 radical (unpaired) electrons. The largest absolute Gasteiger partial charge is 0.473 e. The van der Waals surface area contributed by atoms with Crippen molar-refractivity contribution in [2.24, 2.45) is 0 Å². The summed E-state index contributed by atoms with van der Waals surface area (Å²) in [5.74, 6) is -0.406. The van der Waals surface area contributed by atoms with Crippen molar-refractivity contribution in [1.29, 1.82) is 0 Å². The maximum absolute atomic E-state index is 13.4. The summed E-state index contributed by atoms with van der Waals surface area (Å²) in [5.41, 5.74) is 2.02. The fourth-order valence-electron chi connectivity index (χ4n) is 3.98. The molecule has 2 aromatic heterocycles. The van der Waals surface area contributed by atoms with Gasteiger partial charge in [0.15, 0.2) is 11.3 Å². The van der Waals surface area contributed by atoms with E-state index in [1.807, 2.05) is 31.2 Å². The van der Waals surface area contributed by atoms with Gasteiger partial charge in [-0.15, -0.1) is 0 Å². The monoisotopic (exact) mass is 438 g/mol. The third kappa shape index (κ3) is 2.91. The van der Waals surface area contributed by atoms with Gasteiger partial charge in [0, 0.05) is 0 Å². The predicted octanol–water partition coefficient (Wildman–Crippen LogP) is 4.12. The quantitative estimate of drug-likeness (QED) is 0.488. The Morgan fingerprint density at radius 3 is 2.65 bits per heavy atom. The second kappa shape index (κ2) is 7.12. The van der Waals surface area contributed by atoms with Crippen LogP contribution in [0.4, 0.5) is 5.69 Å². The lowest BCUT2D eigenvalue weighted by molar-refractivity contribution is 0.101. The Bertz CT molecular complexity index is 1420. The molecule has 0 fully saturated rings. The summed E-state index contributed by atoms with van der Waals surface area (Å²) in [6, 6.07) is 13.6. The summed E-state index contributed by atoms with van der Waals surface area (Å²) in [4.78, 5) is 17.8. The highest BCUT2D eigenvalue weighted by atomic mass is 32.2. The van der Waals surface area contributed by atoms with Crippen LogP contribution in [0, 0.1) is 0 Å². The number of unbranched alkanes of at least 4 members (excludes halogenated alkanes) is 1. The Morgan fingerprint density at radius 2 is 1.87 bits per heavy atom. The lowest BCUT2D eigenvalue weighted by atomic mass is 10.2. The van der Waals surface area contributed by atoms with E-state index in [1.54, 1.807) is 16.6 Å². The van der Waals surface area contributed by atoms with Crippen LogP contribution in [0.1, 0.15) is 43.5 Å². The van der Waals surface area contributed by atoms with E-state index in [-0.39, 0.29) is 28.1 Å². The zero-order chi connectivity index (χ0) is 21.8. The molecule has 5 rings (SSSR count). The molecular weight excluding hydrogens is 416 g/mol. The number of hydrogen-bond acceptors (Lipinski definition) is 5. The summed E-state index contributed by atoms with van der Waals surface area (Å²) >= 11 is 0. The van der Waals surface area contributed by atoms with Crippen LogP contribution >= 0.6 is 0 Å². The first kappa shape index (κ1) is 19.6. The summed E-state index contributed by atoms with van der Waals surface area (Å²) in [6.07, 6.45) is 2.63. The van der Waals surface area contributed by atoms with E-state index in [1.165, 1.54) is 12.1 Å². The van der Waals surface area contributed by atoms with E-state index in [0.717, 1.165) is 29.1 Å². The molecule has 4 aromatic rings. The smallest absolute Gasteiger partial charge is 0.274 e. The molecule has 160 valence electrons. The number of ether oxygens (including phenoxy) is 1. The number of nitrogens with zero attached hydrogens (tertiary/aromatic N) is 3. The molecule has 0 spiro atoms. The van der Waals surface area contributed by atoms with Crippen LogP contribution < -0.4 is 9.04 Å². The molecule has 8 nitrogen and oxygen atoms in total. The molecule has 1 N–H and O–H groups in total. The number of nitrogens with one attached hydrogen (secondary N) is 1. The van der Waals surface area contributed by atoms with Crippen LogP contribution in [0.25, 0.3) is 16.7 Å². The molecule has 0 aliphatic carbocycles. The minimum Gasteiger partial charge on any atom is -0.473 e. The van der Waals surface area contributed by atoms with Gasteiger partial charge in [0.1, 0.15) is 4.90 Å². The topological polar surface area (TPSA) is 96.8 Å². The molecule has 0 saturated heterocycles. The first-order valence-electron chi connectivity index (χ1n) is 10.3. The van der Waals surface area contributed by atoms with E-state index >= 15 is 0 Å². The number of aromatic nitrogens is 3. The number of aromatic amines is 1. The number of benzene rings is 2. The van der Waals surface area contributed by atoms with Crippen LogP contribution in [-0.4, -0.2) is 35.0 Å². The second-order valence-corrected chi connectivity index (χ2v) is 9.45. The van der Waals surface area contributed by atoms with Crippen molar-refractivity contribution in [3.63, 3.8) is 0 Å². The zero-order valence-corrected chi connectivity index (χ0v) is 18.0. The van der Waals surface area contributed by atoms with Crippen molar-refractivity contribution in [3.8, 4) is 5.88 Å². The third-order valence-corrected chi connectivity index (χ3v) is 7.25. The lowest BCUT2D eigenvalue weighted by Gasteiger charge is -2.18. The number of amides is 1. The molecule has 1 unspecified atom stereocenters.